The first kappa shape index (κ1) is 19.4. The number of aryl methyl sites for hydroxylation is 1. The molecule has 0 aliphatic heterocycles. The van der Waals surface area contributed by atoms with Crippen molar-refractivity contribution in [1.29, 1.82) is 5.26 Å². The molecule has 0 spiro atoms. The maximum Gasteiger partial charge on any atom is 0.203 e. The SMILES string of the molecule is COc1cc(CNc2cc(C)c(C#N)c3nc4ccccc4n23)cc(OC)c1OC. The summed E-state index contributed by atoms with van der Waals surface area (Å²) in [6, 6.07) is 15.9. The quantitative estimate of drug-likeness (QED) is 0.518. The summed E-state index contributed by atoms with van der Waals surface area (Å²) < 4.78 is 18.3. The van der Waals surface area contributed by atoms with Gasteiger partial charge in [0.25, 0.3) is 0 Å². The van der Waals surface area contributed by atoms with Crippen molar-refractivity contribution in [2.45, 2.75) is 13.5 Å². The van der Waals surface area contributed by atoms with E-state index >= 15 is 0 Å². The zero-order valence-corrected chi connectivity index (χ0v) is 17.3. The van der Waals surface area contributed by atoms with Crippen LogP contribution in [-0.4, -0.2) is 30.7 Å². The molecule has 0 fully saturated rings. The summed E-state index contributed by atoms with van der Waals surface area (Å²) in [7, 11) is 4.78. The van der Waals surface area contributed by atoms with Crippen LogP contribution in [0.1, 0.15) is 16.7 Å². The van der Waals surface area contributed by atoms with Crippen molar-refractivity contribution in [2.24, 2.45) is 0 Å². The molecular formula is C23H22N4O3. The Hall–Kier alpha value is -3.92. The molecule has 2 heterocycles. The first-order valence-corrected chi connectivity index (χ1v) is 9.45. The number of para-hydroxylation sites is 2. The number of fused-ring (bicyclic) bond motifs is 3. The van der Waals surface area contributed by atoms with Gasteiger partial charge in [-0.1, -0.05) is 12.1 Å². The lowest BCUT2D eigenvalue weighted by atomic mass is 10.1. The van der Waals surface area contributed by atoms with Gasteiger partial charge in [0.15, 0.2) is 17.1 Å². The molecule has 0 bridgehead atoms. The molecule has 4 aromatic rings. The average molecular weight is 402 g/mol. The second kappa shape index (κ2) is 7.84. The highest BCUT2D eigenvalue weighted by molar-refractivity contribution is 5.85. The van der Waals surface area contributed by atoms with Crippen molar-refractivity contribution < 1.29 is 14.2 Å². The highest BCUT2D eigenvalue weighted by Gasteiger charge is 2.16. The summed E-state index contributed by atoms with van der Waals surface area (Å²) in [5.74, 6) is 2.61. The van der Waals surface area contributed by atoms with Crippen LogP contribution >= 0.6 is 0 Å². The number of aromatic nitrogens is 2. The maximum atomic E-state index is 9.64. The Morgan fingerprint density at radius 3 is 2.37 bits per heavy atom. The first-order valence-electron chi connectivity index (χ1n) is 9.45. The Kier molecular flexibility index (Phi) is 5.07. The fraction of sp³-hybridized carbons (Fsp3) is 0.217. The van der Waals surface area contributed by atoms with E-state index in [1.807, 2.05) is 53.8 Å². The van der Waals surface area contributed by atoms with Crippen LogP contribution in [0.4, 0.5) is 5.82 Å². The molecule has 0 saturated carbocycles. The predicted octanol–water partition coefficient (Wildman–Crippen LogP) is 4.31. The van der Waals surface area contributed by atoms with E-state index in [1.165, 1.54) is 0 Å². The number of nitriles is 1. The molecule has 0 atom stereocenters. The first-order chi connectivity index (χ1) is 14.6. The van der Waals surface area contributed by atoms with Crippen LogP contribution in [0.25, 0.3) is 16.7 Å². The molecule has 0 radical (unpaired) electrons. The van der Waals surface area contributed by atoms with Crippen molar-refractivity contribution in [3.05, 3.63) is 59.2 Å². The molecule has 1 N–H and O–H groups in total. The number of anilines is 1. The number of imidazole rings is 1. The number of ether oxygens (including phenoxy) is 3. The minimum absolute atomic E-state index is 0.518. The van der Waals surface area contributed by atoms with Crippen LogP contribution in [0.3, 0.4) is 0 Å². The third-order valence-electron chi connectivity index (χ3n) is 5.08. The molecule has 7 nitrogen and oxygen atoms in total. The molecule has 0 saturated heterocycles. The van der Waals surface area contributed by atoms with E-state index in [2.05, 4.69) is 16.4 Å². The highest BCUT2D eigenvalue weighted by Crippen LogP contribution is 2.38. The summed E-state index contributed by atoms with van der Waals surface area (Å²) in [4.78, 5) is 4.68. The van der Waals surface area contributed by atoms with Gasteiger partial charge in [-0.15, -0.1) is 0 Å². The van der Waals surface area contributed by atoms with Crippen molar-refractivity contribution in [2.75, 3.05) is 26.6 Å². The molecule has 0 amide bonds. The van der Waals surface area contributed by atoms with Gasteiger partial charge in [0, 0.05) is 6.54 Å². The van der Waals surface area contributed by atoms with Gasteiger partial charge >= 0.3 is 0 Å². The average Bonchev–Trinajstić information content (AvgIpc) is 3.16. The minimum Gasteiger partial charge on any atom is -0.493 e. The molecule has 30 heavy (non-hydrogen) atoms. The number of methoxy groups -OCH3 is 3. The predicted molar refractivity (Wildman–Crippen MR) is 116 cm³/mol. The lowest BCUT2D eigenvalue weighted by Gasteiger charge is -2.16. The number of nitrogens with one attached hydrogen (secondary N) is 1. The molecule has 0 aliphatic carbocycles. The van der Waals surface area contributed by atoms with Gasteiger partial charge in [-0.3, -0.25) is 4.40 Å². The monoisotopic (exact) mass is 402 g/mol. The van der Waals surface area contributed by atoms with Crippen molar-refractivity contribution in [3.8, 4) is 23.3 Å². The largest absolute Gasteiger partial charge is 0.493 e. The maximum absolute atomic E-state index is 9.64. The standard InChI is InChI=1S/C23H22N4O3/c1-14-9-21(25-13-15-10-19(28-2)22(30-4)20(11-15)29-3)27-18-8-6-5-7-17(18)26-23(27)16(14)12-24/h5-11,25H,13H2,1-4H3. The Bertz CT molecular complexity index is 1260. The Balaban J connectivity index is 1.79. The van der Waals surface area contributed by atoms with Gasteiger partial charge in [-0.25, -0.2) is 4.98 Å². The van der Waals surface area contributed by atoms with E-state index in [0.717, 1.165) is 28.0 Å². The Morgan fingerprint density at radius 2 is 1.73 bits per heavy atom. The summed E-state index contributed by atoms with van der Waals surface area (Å²) in [5, 5.41) is 13.1. The number of nitrogens with zero attached hydrogens (tertiary/aromatic N) is 3. The van der Waals surface area contributed by atoms with Crippen molar-refractivity contribution >= 4 is 22.5 Å². The number of rotatable bonds is 6. The fourth-order valence-corrected chi connectivity index (χ4v) is 3.65. The van der Waals surface area contributed by atoms with Gasteiger partial charge in [-0.05, 0) is 48.4 Å². The molecular weight excluding hydrogens is 380 g/mol. The molecule has 4 rings (SSSR count). The van der Waals surface area contributed by atoms with Crippen molar-refractivity contribution in [3.63, 3.8) is 0 Å². The summed E-state index contributed by atoms with van der Waals surface area (Å²) in [6.07, 6.45) is 0. The van der Waals surface area contributed by atoms with Gasteiger partial charge < -0.3 is 19.5 Å². The molecule has 7 heteroatoms. The van der Waals surface area contributed by atoms with E-state index in [0.29, 0.717) is 35.0 Å². The van der Waals surface area contributed by atoms with E-state index in [1.54, 1.807) is 21.3 Å². The normalized spacial score (nSPS) is 10.8. The van der Waals surface area contributed by atoms with Crippen LogP contribution in [0, 0.1) is 18.3 Å². The lowest BCUT2D eigenvalue weighted by molar-refractivity contribution is 0.324. The summed E-state index contributed by atoms with van der Waals surface area (Å²) in [5.41, 5.74) is 4.83. The summed E-state index contributed by atoms with van der Waals surface area (Å²) in [6.45, 7) is 2.44. The fourth-order valence-electron chi connectivity index (χ4n) is 3.65. The Morgan fingerprint density at radius 1 is 1.03 bits per heavy atom. The molecule has 152 valence electrons. The number of benzene rings is 2. The Labute approximate surface area is 174 Å². The molecule has 0 aliphatic rings. The molecule has 2 aromatic heterocycles. The minimum atomic E-state index is 0.518. The van der Waals surface area contributed by atoms with Gasteiger partial charge in [0.1, 0.15) is 11.9 Å². The number of hydrogen-bond acceptors (Lipinski definition) is 6. The highest BCUT2D eigenvalue weighted by atomic mass is 16.5. The molecule has 2 aromatic carbocycles. The second-order valence-electron chi connectivity index (χ2n) is 6.85. The number of hydrogen-bond donors (Lipinski definition) is 1. The van der Waals surface area contributed by atoms with Crippen molar-refractivity contribution in [1.82, 2.24) is 9.38 Å². The topological polar surface area (TPSA) is 80.8 Å². The van der Waals surface area contributed by atoms with E-state index in [-0.39, 0.29) is 0 Å². The molecule has 0 unspecified atom stereocenters. The van der Waals surface area contributed by atoms with Crippen LogP contribution < -0.4 is 19.5 Å². The van der Waals surface area contributed by atoms with E-state index in [4.69, 9.17) is 14.2 Å². The van der Waals surface area contributed by atoms with Crippen LogP contribution in [0.2, 0.25) is 0 Å². The lowest BCUT2D eigenvalue weighted by Crippen LogP contribution is -2.07. The smallest absolute Gasteiger partial charge is 0.203 e. The summed E-state index contributed by atoms with van der Waals surface area (Å²) >= 11 is 0. The van der Waals surface area contributed by atoms with Crippen LogP contribution in [-0.2, 0) is 6.54 Å². The zero-order valence-electron chi connectivity index (χ0n) is 17.3. The van der Waals surface area contributed by atoms with Gasteiger partial charge in [-0.2, -0.15) is 5.26 Å². The second-order valence-corrected chi connectivity index (χ2v) is 6.85. The number of pyridine rings is 1. The van der Waals surface area contributed by atoms with Gasteiger partial charge in [0.05, 0.1) is 37.9 Å². The third kappa shape index (κ3) is 3.12. The third-order valence-corrected chi connectivity index (χ3v) is 5.08. The van der Waals surface area contributed by atoms with E-state index in [9.17, 15) is 5.26 Å². The van der Waals surface area contributed by atoms with E-state index < -0.39 is 0 Å². The zero-order chi connectivity index (χ0) is 21.3. The van der Waals surface area contributed by atoms with Gasteiger partial charge in [0.2, 0.25) is 5.75 Å². The van der Waals surface area contributed by atoms with Crippen LogP contribution in [0.5, 0.6) is 17.2 Å². The van der Waals surface area contributed by atoms with Crippen LogP contribution in [0.15, 0.2) is 42.5 Å².